The van der Waals surface area contributed by atoms with E-state index in [1.54, 1.807) is 11.9 Å². The number of carbonyl (C=O) groups is 2. The van der Waals surface area contributed by atoms with Crippen LogP contribution in [0.1, 0.15) is 23.7 Å². The molecule has 0 radical (unpaired) electrons. The van der Waals surface area contributed by atoms with Crippen LogP contribution in [0.5, 0.6) is 0 Å². The van der Waals surface area contributed by atoms with E-state index < -0.39 is 6.10 Å². The molecule has 0 saturated carbocycles. The third kappa shape index (κ3) is 3.36. The molecule has 0 aliphatic carbocycles. The van der Waals surface area contributed by atoms with Crippen LogP contribution in [0.25, 0.3) is 0 Å². The molecule has 0 bridgehead atoms. The highest BCUT2D eigenvalue weighted by atomic mass is 16.3. The van der Waals surface area contributed by atoms with Crippen LogP contribution in [0.2, 0.25) is 0 Å². The molecule has 2 unspecified atom stereocenters. The summed E-state index contributed by atoms with van der Waals surface area (Å²) in [5.74, 6) is -0.490. The van der Waals surface area contributed by atoms with Gasteiger partial charge in [-0.3, -0.25) is 9.59 Å². The molecule has 1 aromatic rings. The number of amides is 2. The minimum absolute atomic E-state index is 0.00983. The summed E-state index contributed by atoms with van der Waals surface area (Å²) in [7, 11) is 1.69. The standard InChI is InChI=1S/C15H20N2O3/c1-10-4-3-5-11(6-10)13(18)8-16-15(20)12-7-14(19)17(2)9-12/h3-6,12-13,18H,7-9H2,1-2H3,(H,16,20). The zero-order valence-electron chi connectivity index (χ0n) is 11.8. The van der Waals surface area contributed by atoms with Gasteiger partial charge in [-0.15, -0.1) is 0 Å². The summed E-state index contributed by atoms with van der Waals surface area (Å²) in [5.41, 5.74) is 1.85. The van der Waals surface area contributed by atoms with E-state index >= 15 is 0 Å². The van der Waals surface area contributed by atoms with E-state index in [-0.39, 0.29) is 30.7 Å². The highest BCUT2D eigenvalue weighted by Crippen LogP contribution is 2.17. The molecule has 0 aromatic heterocycles. The average molecular weight is 276 g/mol. The lowest BCUT2D eigenvalue weighted by atomic mass is 10.1. The summed E-state index contributed by atoms with van der Waals surface area (Å²) in [4.78, 5) is 24.9. The number of nitrogens with one attached hydrogen (secondary N) is 1. The molecule has 5 heteroatoms. The number of aryl methyl sites for hydroxylation is 1. The number of nitrogens with zero attached hydrogens (tertiary/aromatic N) is 1. The van der Waals surface area contributed by atoms with Crippen LogP contribution in [0.3, 0.4) is 0 Å². The van der Waals surface area contributed by atoms with Crippen LogP contribution >= 0.6 is 0 Å². The third-order valence-electron chi connectivity index (χ3n) is 3.61. The summed E-state index contributed by atoms with van der Waals surface area (Å²) in [6.07, 6.45) is -0.475. The number of carbonyl (C=O) groups excluding carboxylic acids is 2. The lowest BCUT2D eigenvalue weighted by Gasteiger charge is -2.15. The molecular weight excluding hydrogens is 256 g/mol. The molecule has 5 nitrogen and oxygen atoms in total. The largest absolute Gasteiger partial charge is 0.387 e. The van der Waals surface area contributed by atoms with Gasteiger partial charge in [0.05, 0.1) is 12.0 Å². The van der Waals surface area contributed by atoms with Gasteiger partial charge in [0.1, 0.15) is 0 Å². The van der Waals surface area contributed by atoms with Gasteiger partial charge in [0.25, 0.3) is 0 Å². The van der Waals surface area contributed by atoms with Gasteiger partial charge >= 0.3 is 0 Å². The van der Waals surface area contributed by atoms with E-state index in [2.05, 4.69) is 5.32 Å². The fourth-order valence-corrected chi connectivity index (χ4v) is 2.38. The smallest absolute Gasteiger partial charge is 0.225 e. The minimum atomic E-state index is -0.728. The van der Waals surface area contributed by atoms with Crippen molar-refractivity contribution in [1.29, 1.82) is 0 Å². The Bertz CT molecular complexity index is 516. The van der Waals surface area contributed by atoms with Crippen molar-refractivity contribution >= 4 is 11.8 Å². The second-order valence-corrected chi connectivity index (χ2v) is 5.35. The van der Waals surface area contributed by atoms with E-state index in [0.717, 1.165) is 11.1 Å². The number of benzene rings is 1. The molecule has 2 N–H and O–H groups in total. The monoisotopic (exact) mass is 276 g/mol. The van der Waals surface area contributed by atoms with Gasteiger partial charge in [-0.25, -0.2) is 0 Å². The fraction of sp³-hybridized carbons (Fsp3) is 0.467. The van der Waals surface area contributed by atoms with Crippen LogP contribution in [0.15, 0.2) is 24.3 Å². The molecule has 1 fully saturated rings. The van der Waals surface area contributed by atoms with E-state index in [1.165, 1.54) is 0 Å². The van der Waals surface area contributed by atoms with E-state index in [0.29, 0.717) is 6.54 Å². The maximum absolute atomic E-state index is 11.9. The van der Waals surface area contributed by atoms with Gasteiger partial charge in [-0.1, -0.05) is 29.8 Å². The average Bonchev–Trinajstić information content (AvgIpc) is 2.76. The van der Waals surface area contributed by atoms with Crippen molar-refractivity contribution in [3.63, 3.8) is 0 Å². The molecule has 2 atom stereocenters. The first-order valence-electron chi connectivity index (χ1n) is 6.73. The van der Waals surface area contributed by atoms with Gasteiger partial charge in [-0.05, 0) is 12.5 Å². The van der Waals surface area contributed by atoms with Gasteiger partial charge in [0.2, 0.25) is 11.8 Å². The molecule has 1 aliphatic rings. The zero-order valence-corrected chi connectivity index (χ0v) is 11.8. The Hall–Kier alpha value is -1.88. The number of likely N-dealkylation sites (tertiary alicyclic amines) is 1. The lowest BCUT2D eigenvalue weighted by Crippen LogP contribution is -2.35. The number of aliphatic hydroxyl groups is 1. The Balaban J connectivity index is 1.86. The first kappa shape index (κ1) is 14.5. The molecular formula is C15H20N2O3. The van der Waals surface area contributed by atoms with Crippen LogP contribution < -0.4 is 5.32 Å². The van der Waals surface area contributed by atoms with Crippen molar-refractivity contribution < 1.29 is 14.7 Å². The Morgan fingerprint density at radius 1 is 1.55 bits per heavy atom. The molecule has 1 heterocycles. The van der Waals surface area contributed by atoms with Crippen molar-refractivity contribution in [3.05, 3.63) is 35.4 Å². The van der Waals surface area contributed by atoms with E-state index in [4.69, 9.17) is 0 Å². The highest BCUT2D eigenvalue weighted by molar-refractivity contribution is 5.89. The number of rotatable bonds is 4. The number of hydrogen-bond acceptors (Lipinski definition) is 3. The van der Waals surface area contributed by atoms with Crippen molar-refractivity contribution in [2.45, 2.75) is 19.4 Å². The molecule has 1 aromatic carbocycles. The molecule has 108 valence electrons. The van der Waals surface area contributed by atoms with Crippen LogP contribution in [-0.4, -0.2) is 42.0 Å². The minimum Gasteiger partial charge on any atom is -0.387 e. The number of aliphatic hydroxyl groups excluding tert-OH is 1. The third-order valence-corrected chi connectivity index (χ3v) is 3.61. The van der Waals surface area contributed by atoms with Crippen molar-refractivity contribution in [1.82, 2.24) is 10.2 Å². The molecule has 20 heavy (non-hydrogen) atoms. The van der Waals surface area contributed by atoms with E-state index in [1.807, 2.05) is 31.2 Å². The lowest BCUT2D eigenvalue weighted by molar-refractivity contribution is -0.128. The normalized spacial score (nSPS) is 20.1. The highest BCUT2D eigenvalue weighted by Gasteiger charge is 2.32. The van der Waals surface area contributed by atoms with Gasteiger partial charge in [0.15, 0.2) is 0 Å². The predicted molar refractivity (Wildman–Crippen MR) is 74.9 cm³/mol. The van der Waals surface area contributed by atoms with Gasteiger partial charge < -0.3 is 15.3 Å². The Kier molecular flexibility index (Phi) is 4.39. The van der Waals surface area contributed by atoms with Crippen molar-refractivity contribution in [3.8, 4) is 0 Å². The van der Waals surface area contributed by atoms with Gasteiger partial charge in [0, 0.05) is 26.6 Å². The SMILES string of the molecule is Cc1cccc(C(O)CNC(=O)C2CC(=O)N(C)C2)c1. The van der Waals surface area contributed by atoms with Crippen molar-refractivity contribution in [2.75, 3.05) is 20.1 Å². The predicted octanol–water partition coefficient (Wildman–Crippen LogP) is 0.623. The topological polar surface area (TPSA) is 69.6 Å². The zero-order chi connectivity index (χ0) is 14.7. The summed E-state index contributed by atoms with van der Waals surface area (Å²) in [6.45, 7) is 2.57. The van der Waals surface area contributed by atoms with Crippen LogP contribution in [-0.2, 0) is 9.59 Å². The molecule has 2 rings (SSSR count). The summed E-state index contributed by atoms with van der Waals surface area (Å²) < 4.78 is 0. The van der Waals surface area contributed by atoms with Crippen LogP contribution in [0, 0.1) is 12.8 Å². The van der Waals surface area contributed by atoms with E-state index in [9.17, 15) is 14.7 Å². The summed E-state index contributed by atoms with van der Waals surface area (Å²) in [5, 5.41) is 12.8. The Labute approximate surface area is 118 Å². The maximum atomic E-state index is 11.9. The Morgan fingerprint density at radius 2 is 2.30 bits per heavy atom. The number of hydrogen-bond donors (Lipinski definition) is 2. The second kappa shape index (κ2) is 6.05. The van der Waals surface area contributed by atoms with Crippen molar-refractivity contribution in [2.24, 2.45) is 5.92 Å². The Morgan fingerprint density at radius 3 is 2.90 bits per heavy atom. The van der Waals surface area contributed by atoms with Crippen LogP contribution in [0.4, 0.5) is 0 Å². The second-order valence-electron chi connectivity index (χ2n) is 5.35. The first-order valence-corrected chi connectivity index (χ1v) is 6.73. The van der Waals surface area contributed by atoms with Gasteiger partial charge in [-0.2, -0.15) is 0 Å². The molecule has 2 amide bonds. The summed E-state index contributed by atoms with van der Waals surface area (Å²) >= 11 is 0. The maximum Gasteiger partial charge on any atom is 0.225 e. The first-order chi connectivity index (χ1) is 9.47. The molecule has 0 spiro atoms. The molecule has 1 saturated heterocycles. The molecule has 1 aliphatic heterocycles. The fourth-order valence-electron chi connectivity index (χ4n) is 2.38. The quantitative estimate of drug-likeness (QED) is 0.847. The summed E-state index contributed by atoms with van der Waals surface area (Å²) in [6, 6.07) is 7.55.